The fourth-order valence-corrected chi connectivity index (χ4v) is 2.55. The van der Waals surface area contributed by atoms with Gasteiger partial charge < -0.3 is 4.74 Å². The molecule has 4 nitrogen and oxygen atoms in total. The Bertz CT molecular complexity index is 907. The molecule has 0 aromatic heterocycles. The topological polar surface area (TPSA) is 50.7 Å². The van der Waals surface area contributed by atoms with Gasteiger partial charge >= 0.3 is 0 Å². The van der Waals surface area contributed by atoms with Gasteiger partial charge in [0.15, 0.2) is 6.10 Å². The first-order chi connectivity index (χ1) is 13.1. The van der Waals surface area contributed by atoms with Crippen LogP contribution in [0.3, 0.4) is 0 Å². The summed E-state index contributed by atoms with van der Waals surface area (Å²) in [6, 6.07) is 24.8. The van der Waals surface area contributed by atoms with E-state index in [1.807, 2.05) is 66.7 Å². The minimum absolute atomic E-state index is 0.327. The maximum atomic E-state index is 12.1. The lowest BCUT2D eigenvalue weighted by Crippen LogP contribution is -2.33. The number of hydrogen-bond donors (Lipinski definition) is 1. The average molecular weight is 379 g/mol. The molecule has 1 N–H and O–H groups in total. The molecule has 27 heavy (non-hydrogen) atoms. The summed E-state index contributed by atoms with van der Waals surface area (Å²) >= 11 is 5.83. The van der Waals surface area contributed by atoms with Gasteiger partial charge in [-0.1, -0.05) is 66.2 Å². The second-order valence-corrected chi connectivity index (χ2v) is 6.37. The van der Waals surface area contributed by atoms with Crippen LogP contribution in [0.15, 0.2) is 84.0 Å². The van der Waals surface area contributed by atoms with Gasteiger partial charge in [0.25, 0.3) is 5.91 Å². The first-order valence-electron chi connectivity index (χ1n) is 8.52. The quantitative estimate of drug-likeness (QED) is 0.488. The van der Waals surface area contributed by atoms with E-state index < -0.39 is 6.10 Å². The number of carbonyl (C=O) groups excluding carboxylic acids is 1. The number of nitrogens with one attached hydrogen (secondary N) is 1. The fraction of sp³-hybridized carbons (Fsp3) is 0.0909. The van der Waals surface area contributed by atoms with Crippen LogP contribution < -0.4 is 10.2 Å². The smallest absolute Gasteiger partial charge is 0.280 e. The Kier molecular flexibility index (Phi) is 6.23. The third-order valence-electron chi connectivity index (χ3n) is 3.90. The molecular formula is C22H19ClN2O2. The van der Waals surface area contributed by atoms with Crippen LogP contribution in [0.2, 0.25) is 5.02 Å². The number of nitrogens with zero attached hydrogens (tertiary/aromatic N) is 1. The van der Waals surface area contributed by atoms with Crippen molar-refractivity contribution in [2.24, 2.45) is 5.10 Å². The van der Waals surface area contributed by atoms with Crippen molar-refractivity contribution in [3.63, 3.8) is 0 Å². The molecule has 0 fully saturated rings. The van der Waals surface area contributed by atoms with Crippen LogP contribution in [-0.2, 0) is 4.79 Å². The number of rotatable bonds is 6. The normalized spacial score (nSPS) is 11.9. The molecule has 3 aromatic rings. The second kappa shape index (κ2) is 9.01. The van der Waals surface area contributed by atoms with Gasteiger partial charge in [-0.05, 0) is 47.9 Å². The molecule has 0 aliphatic heterocycles. The number of hydrazone groups is 1. The van der Waals surface area contributed by atoms with Crippen molar-refractivity contribution in [1.82, 2.24) is 5.43 Å². The Hall–Kier alpha value is -3.11. The van der Waals surface area contributed by atoms with Crippen LogP contribution >= 0.6 is 11.6 Å². The van der Waals surface area contributed by atoms with Gasteiger partial charge in [-0.3, -0.25) is 4.79 Å². The summed E-state index contributed by atoms with van der Waals surface area (Å²) in [5, 5.41) is 4.59. The molecule has 5 heteroatoms. The summed E-state index contributed by atoms with van der Waals surface area (Å²) in [6.07, 6.45) is 0.880. The van der Waals surface area contributed by atoms with Crippen LogP contribution in [0.4, 0.5) is 0 Å². The lowest BCUT2D eigenvalue weighted by molar-refractivity contribution is -0.127. The van der Waals surface area contributed by atoms with E-state index in [0.717, 1.165) is 16.7 Å². The van der Waals surface area contributed by atoms with Gasteiger partial charge in [0.05, 0.1) is 6.21 Å². The number of amides is 1. The minimum atomic E-state index is -0.671. The molecule has 0 radical (unpaired) electrons. The van der Waals surface area contributed by atoms with Gasteiger partial charge in [-0.15, -0.1) is 0 Å². The minimum Gasteiger partial charge on any atom is -0.481 e. The van der Waals surface area contributed by atoms with Crippen LogP contribution in [0.25, 0.3) is 11.1 Å². The van der Waals surface area contributed by atoms with E-state index in [-0.39, 0.29) is 5.91 Å². The van der Waals surface area contributed by atoms with Gasteiger partial charge in [-0.2, -0.15) is 5.10 Å². The lowest BCUT2D eigenvalue weighted by Gasteiger charge is -2.13. The Morgan fingerprint density at radius 2 is 1.59 bits per heavy atom. The Balaban J connectivity index is 1.54. The second-order valence-electron chi connectivity index (χ2n) is 5.94. The third kappa shape index (κ3) is 5.43. The Morgan fingerprint density at radius 1 is 0.963 bits per heavy atom. The zero-order valence-corrected chi connectivity index (χ0v) is 15.6. The lowest BCUT2D eigenvalue weighted by atomic mass is 10.1. The molecule has 0 aliphatic rings. The van der Waals surface area contributed by atoms with E-state index in [1.165, 1.54) is 0 Å². The van der Waals surface area contributed by atoms with Crippen LogP contribution in [-0.4, -0.2) is 18.2 Å². The third-order valence-corrected chi connectivity index (χ3v) is 4.15. The van der Waals surface area contributed by atoms with Gasteiger partial charge in [0.1, 0.15) is 5.75 Å². The van der Waals surface area contributed by atoms with Crippen molar-refractivity contribution in [3.8, 4) is 16.9 Å². The highest BCUT2D eigenvalue weighted by Gasteiger charge is 2.13. The molecule has 0 aliphatic carbocycles. The SMILES string of the molecule is CC(Oc1ccc(-c2ccccc2)cc1)C(=O)N/N=C/c1ccc(Cl)cc1. The van der Waals surface area contributed by atoms with Crippen LogP contribution in [0, 0.1) is 0 Å². The summed E-state index contributed by atoms with van der Waals surface area (Å²) in [4.78, 5) is 12.1. The van der Waals surface area contributed by atoms with E-state index in [9.17, 15) is 4.79 Å². The van der Waals surface area contributed by atoms with E-state index >= 15 is 0 Å². The molecule has 0 bridgehead atoms. The molecular weight excluding hydrogens is 360 g/mol. The van der Waals surface area contributed by atoms with Gasteiger partial charge in [0.2, 0.25) is 0 Å². The van der Waals surface area contributed by atoms with E-state index in [2.05, 4.69) is 10.5 Å². The van der Waals surface area contributed by atoms with Crippen molar-refractivity contribution < 1.29 is 9.53 Å². The van der Waals surface area contributed by atoms with Crippen molar-refractivity contribution in [2.45, 2.75) is 13.0 Å². The molecule has 1 unspecified atom stereocenters. The van der Waals surface area contributed by atoms with E-state index in [1.54, 1.807) is 25.3 Å². The van der Waals surface area contributed by atoms with Crippen molar-refractivity contribution in [1.29, 1.82) is 0 Å². The van der Waals surface area contributed by atoms with Gasteiger partial charge in [0, 0.05) is 5.02 Å². The molecule has 0 heterocycles. The standard InChI is InChI=1S/C22H19ClN2O2/c1-16(22(26)25-24-15-17-7-11-20(23)12-8-17)27-21-13-9-19(10-14-21)18-5-3-2-4-6-18/h2-16H,1H3,(H,25,26)/b24-15+. The first kappa shape index (κ1) is 18.7. The highest BCUT2D eigenvalue weighted by atomic mass is 35.5. The van der Waals surface area contributed by atoms with E-state index in [4.69, 9.17) is 16.3 Å². The summed E-state index contributed by atoms with van der Waals surface area (Å²) in [5.41, 5.74) is 5.53. The molecule has 136 valence electrons. The summed E-state index contributed by atoms with van der Waals surface area (Å²) in [7, 11) is 0. The van der Waals surface area contributed by atoms with Crippen molar-refractivity contribution >= 4 is 23.7 Å². The van der Waals surface area contributed by atoms with Crippen LogP contribution in [0.5, 0.6) is 5.75 Å². The summed E-state index contributed by atoms with van der Waals surface area (Å²) in [6.45, 7) is 1.68. The molecule has 0 saturated heterocycles. The molecule has 3 rings (SSSR count). The number of carbonyl (C=O) groups is 1. The number of ether oxygens (including phenoxy) is 1. The zero-order valence-electron chi connectivity index (χ0n) is 14.8. The largest absolute Gasteiger partial charge is 0.481 e. The fourth-order valence-electron chi connectivity index (χ4n) is 2.42. The zero-order chi connectivity index (χ0) is 19.1. The molecule has 0 saturated carbocycles. The van der Waals surface area contributed by atoms with Crippen molar-refractivity contribution in [2.75, 3.05) is 0 Å². The number of benzene rings is 3. The maximum Gasteiger partial charge on any atom is 0.280 e. The molecule has 1 atom stereocenters. The monoisotopic (exact) mass is 378 g/mol. The number of hydrogen-bond acceptors (Lipinski definition) is 3. The van der Waals surface area contributed by atoms with E-state index in [0.29, 0.717) is 10.8 Å². The van der Waals surface area contributed by atoms with Gasteiger partial charge in [-0.25, -0.2) is 5.43 Å². The van der Waals surface area contributed by atoms with Crippen LogP contribution in [0.1, 0.15) is 12.5 Å². The molecule has 3 aromatic carbocycles. The predicted molar refractivity (Wildman–Crippen MR) is 109 cm³/mol. The maximum absolute atomic E-state index is 12.1. The number of halogens is 1. The average Bonchev–Trinajstić information content (AvgIpc) is 2.70. The summed E-state index contributed by atoms with van der Waals surface area (Å²) < 4.78 is 5.68. The molecule has 1 amide bonds. The highest BCUT2D eigenvalue weighted by Crippen LogP contribution is 2.22. The Labute approximate surface area is 163 Å². The molecule has 0 spiro atoms. The highest BCUT2D eigenvalue weighted by molar-refractivity contribution is 6.30. The predicted octanol–water partition coefficient (Wildman–Crippen LogP) is 4.92. The van der Waals surface area contributed by atoms with Crippen molar-refractivity contribution in [3.05, 3.63) is 89.4 Å². The summed E-state index contributed by atoms with van der Waals surface area (Å²) in [5.74, 6) is 0.298. The Morgan fingerprint density at radius 3 is 2.26 bits per heavy atom. The first-order valence-corrected chi connectivity index (χ1v) is 8.90.